The van der Waals surface area contributed by atoms with Gasteiger partial charge in [0.1, 0.15) is 11.4 Å². The van der Waals surface area contributed by atoms with Crippen LogP contribution in [0.1, 0.15) is 37.9 Å². The number of carbonyl (C=O) groups is 1. The summed E-state index contributed by atoms with van der Waals surface area (Å²) in [7, 11) is 3.36. The maximum Gasteiger partial charge on any atom is 0.408 e. The summed E-state index contributed by atoms with van der Waals surface area (Å²) in [5.74, 6) is 1.43. The number of rotatable bonds is 7. The number of aliphatic imine (C=N–C) groups is 1. The van der Waals surface area contributed by atoms with Crippen LogP contribution in [0.4, 0.5) is 4.79 Å². The lowest BCUT2D eigenvalue weighted by Gasteiger charge is -2.25. The van der Waals surface area contributed by atoms with Gasteiger partial charge in [-0.05, 0) is 32.4 Å². The topological polar surface area (TPSA) is 84.0 Å². The molecular formula is C23H33IN4O3. The third kappa shape index (κ3) is 9.46. The van der Waals surface area contributed by atoms with Gasteiger partial charge in [-0.15, -0.1) is 24.0 Å². The fourth-order valence-electron chi connectivity index (χ4n) is 2.83. The van der Waals surface area contributed by atoms with Gasteiger partial charge in [0.2, 0.25) is 0 Å². The highest BCUT2D eigenvalue weighted by molar-refractivity contribution is 14.0. The first-order chi connectivity index (χ1) is 14.3. The number of guanidine groups is 1. The second-order valence-electron chi connectivity index (χ2n) is 7.73. The molecule has 3 N–H and O–H groups in total. The van der Waals surface area contributed by atoms with Crippen LogP contribution in [0.3, 0.4) is 0 Å². The predicted octanol–water partition coefficient (Wildman–Crippen LogP) is 4.24. The van der Waals surface area contributed by atoms with Crippen LogP contribution in [0, 0.1) is 0 Å². The number of hydrogen-bond acceptors (Lipinski definition) is 4. The van der Waals surface area contributed by atoms with E-state index in [0.29, 0.717) is 19.0 Å². The Morgan fingerprint density at radius 3 is 2.29 bits per heavy atom. The maximum atomic E-state index is 12.3. The molecule has 0 radical (unpaired) electrons. The molecule has 0 bridgehead atoms. The third-order valence-electron chi connectivity index (χ3n) is 4.23. The molecule has 0 saturated carbocycles. The lowest BCUT2D eigenvalue weighted by atomic mass is 10.1. The van der Waals surface area contributed by atoms with Crippen molar-refractivity contribution in [3.8, 4) is 5.75 Å². The van der Waals surface area contributed by atoms with Crippen molar-refractivity contribution in [2.75, 3.05) is 20.7 Å². The van der Waals surface area contributed by atoms with Crippen molar-refractivity contribution in [1.82, 2.24) is 16.0 Å². The molecule has 0 saturated heterocycles. The first-order valence-corrected chi connectivity index (χ1v) is 9.93. The molecule has 170 valence electrons. The van der Waals surface area contributed by atoms with Gasteiger partial charge in [-0.2, -0.15) is 0 Å². The van der Waals surface area contributed by atoms with E-state index in [1.807, 2.05) is 75.4 Å². The molecule has 1 atom stereocenters. The van der Waals surface area contributed by atoms with Gasteiger partial charge in [0, 0.05) is 25.7 Å². The number of ether oxygens (including phenoxy) is 2. The SMILES string of the molecule is CN=C(NCc1ccccc1OC)NCC(NC(=O)OC(C)(C)C)c1ccccc1.I. The van der Waals surface area contributed by atoms with Gasteiger partial charge >= 0.3 is 6.09 Å². The number of carbonyl (C=O) groups excluding carboxylic acids is 1. The summed E-state index contributed by atoms with van der Waals surface area (Å²) < 4.78 is 10.8. The summed E-state index contributed by atoms with van der Waals surface area (Å²) in [6.07, 6.45) is -0.463. The summed E-state index contributed by atoms with van der Waals surface area (Å²) in [4.78, 5) is 16.6. The number of alkyl carbamates (subject to hydrolysis) is 1. The number of nitrogens with one attached hydrogen (secondary N) is 3. The van der Waals surface area contributed by atoms with Crippen molar-refractivity contribution in [2.45, 2.75) is 39.0 Å². The van der Waals surface area contributed by atoms with E-state index in [4.69, 9.17) is 9.47 Å². The number of amides is 1. The standard InChI is InChI=1S/C23H32N4O3.HI/c1-23(2,3)30-22(28)27-19(17-11-7-6-8-12-17)16-26-21(24-4)25-15-18-13-9-10-14-20(18)29-5;/h6-14,19H,15-16H2,1-5H3,(H,27,28)(H2,24,25,26);1H. The van der Waals surface area contributed by atoms with Gasteiger partial charge in [-0.1, -0.05) is 48.5 Å². The Morgan fingerprint density at radius 2 is 1.68 bits per heavy atom. The van der Waals surface area contributed by atoms with Crippen LogP contribution in [-0.2, 0) is 11.3 Å². The smallest absolute Gasteiger partial charge is 0.408 e. The van der Waals surface area contributed by atoms with Crippen LogP contribution in [0.25, 0.3) is 0 Å². The fraction of sp³-hybridized carbons (Fsp3) is 0.391. The molecule has 2 aromatic carbocycles. The third-order valence-corrected chi connectivity index (χ3v) is 4.23. The monoisotopic (exact) mass is 540 g/mol. The average molecular weight is 540 g/mol. The summed E-state index contributed by atoms with van der Waals surface area (Å²) in [5.41, 5.74) is 1.43. The fourth-order valence-corrected chi connectivity index (χ4v) is 2.83. The molecule has 2 aromatic rings. The Balaban J connectivity index is 0.00000480. The molecule has 0 aliphatic heterocycles. The molecule has 0 aliphatic rings. The highest BCUT2D eigenvalue weighted by atomic mass is 127. The van der Waals surface area contributed by atoms with Crippen molar-refractivity contribution in [2.24, 2.45) is 4.99 Å². The lowest BCUT2D eigenvalue weighted by molar-refractivity contribution is 0.0504. The normalized spacial score (nSPS) is 12.2. The van der Waals surface area contributed by atoms with E-state index in [2.05, 4.69) is 20.9 Å². The summed E-state index contributed by atoms with van der Waals surface area (Å²) in [6, 6.07) is 17.3. The molecular weight excluding hydrogens is 507 g/mol. The molecule has 1 amide bonds. The minimum Gasteiger partial charge on any atom is -0.496 e. The first kappa shape index (κ1) is 26.5. The molecule has 7 nitrogen and oxygen atoms in total. The van der Waals surface area contributed by atoms with Crippen LogP contribution >= 0.6 is 24.0 Å². The average Bonchev–Trinajstić information content (AvgIpc) is 2.72. The number of para-hydroxylation sites is 1. The summed E-state index contributed by atoms with van der Waals surface area (Å²) >= 11 is 0. The molecule has 1 unspecified atom stereocenters. The van der Waals surface area contributed by atoms with Gasteiger partial charge in [-0.25, -0.2) is 4.79 Å². The Kier molecular flexibility index (Phi) is 11.2. The number of methoxy groups -OCH3 is 1. The molecule has 0 aliphatic carbocycles. The van der Waals surface area contributed by atoms with E-state index in [-0.39, 0.29) is 30.0 Å². The highest BCUT2D eigenvalue weighted by Crippen LogP contribution is 2.17. The lowest BCUT2D eigenvalue weighted by Crippen LogP contribution is -2.44. The zero-order valence-corrected chi connectivity index (χ0v) is 21.1. The number of halogens is 1. The van der Waals surface area contributed by atoms with Crippen molar-refractivity contribution < 1.29 is 14.3 Å². The van der Waals surface area contributed by atoms with Gasteiger partial charge in [0.25, 0.3) is 0 Å². The summed E-state index contributed by atoms with van der Waals surface area (Å²) in [5, 5.41) is 9.48. The predicted molar refractivity (Wildman–Crippen MR) is 135 cm³/mol. The molecule has 2 rings (SSSR count). The first-order valence-electron chi connectivity index (χ1n) is 9.93. The largest absolute Gasteiger partial charge is 0.496 e. The minimum absolute atomic E-state index is 0. The molecule has 8 heteroatoms. The van der Waals surface area contributed by atoms with Crippen LogP contribution < -0.4 is 20.7 Å². The Morgan fingerprint density at radius 1 is 1.03 bits per heavy atom. The Hall–Kier alpha value is -2.49. The van der Waals surface area contributed by atoms with Crippen LogP contribution in [0.5, 0.6) is 5.75 Å². The number of nitrogens with zero attached hydrogens (tertiary/aromatic N) is 1. The van der Waals surface area contributed by atoms with Crippen LogP contribution in [0.2, 0.25) is 0 Å². The number of benzene rings is 2. The molecule has 31 heavy (non-hydrogen) atoms. The Bertz CT molecular complexity index is 838. The molecule has 0 fully saturated rings. The van der Waals surface area contributed by atoms with Crippen molar-refractivity contribution in [1.29, 1.82) is 0 Å². The van der Waals surface area contributed by atoms with E-state index in [1.165, 1.54) is 0 Å². The number of hydrogen-bond donors (Lipinski definition) is 3. The van der Waals surface area contributed by atoms with Crippen LogP contribution in [-0.4, -0.2) is 38.4 Å². The molecule has 0 heterocycles. The molecule has 0 aromatic heterocycles. The van der Waals surface area contributed by atoms with Gasteiger partial charge in [0.05, 0.1) is 13.2 Å². The van der Waals surface area contributed by atoms with Crippen LogP contribution in [0.15, 0.2) is 59.6 Å². The second kappa shape index (κ2) is 13.0. The maximum absolute atomic E-state index is 12.3. The quantitative estimate of drug-likeness (QED) is 0.278. The van der Waals surface area contributed by atoms with Gasteiger partial charge < -0.3 is 25.4 Å². The van der Waals surface area contributed by atoms with Crippen molar-refractivity contribution in [3.05, 3.63) is 65.7 Å². The van der Waals surface area contributed by atoms with Crippen molar-refractivity contribution in [3.63, 3.8) is 0 Å². The summed E-state index contributed by atoms with van der Waals surface area (Å²) in [6.45, 7) is 6.51. The van der Waals surface area contributed by atoms with E-state index in [1.54, 1.807) is 14.2 Å². The minimum atomic E-state index is -0.564. The zero-order chi connectivity index (χ0) is 22.0. The van der Waals surface area contributed by atoms with E-state index < -0.39 is 11.7 Å². The highest BCUT2D eigenvalue weighted by Gasteiger charge is 2.20. The van der Waals surface area contributed by atoms with Crippen molar-refractivity contribution >= 4 is 36.0 Å². The van der Waals surface area contributed by atoms with Gasteiger partial charge in [-0.3, -0.25) is 4.99 Å². The Labute approximate surface area is 202 Å². The molecule has 0 spiro atoms. The van der Waals surface area contributed by atoms with E-state index in [9.17, 15) is 4.79 Å². The van der Waals surface area contributed by atoms with E-state index >= 15 is 0 Å². The zero-order valence-electron chi connectivity index (χ0n) is 18.8. The van der Waals surface area contributed by atoms with Gasteiger partial charge in [0.15, 0.2) is 5.96 Å². The second-order valence-corrected chi connectivity index (χ2v) is 7.73. The van der Waals surface area contributed by atoms with E-state index in [0.717, 1.165) is 16.9 Å².